The van der Waals surface area contributed by atoms with E-state index in [0.717, 1.165) is 53.1 Å². The van der Waals surface area contributed by atoms with Crippen molar-refractivity contribution in [2.45, 2.75) is 123 Å². The highest BCUT2D eigenvalue weighted by molar-refractivity contribution is 5.83. The Hall–Kier alpha value is -7.44. The van der Waals surface area contributed by atoms with Crippen LogP contribution < -0.4 is 14.9 Å². The Kier molecular flexibility index (Phi) is 16.9. The van der Waals surface area contributed by atoms with Gasteiger partial charge < -0.3 is 61.3 Å². The van der Waals surface area contributed by atoms with Crippen molar-refractivity contribution in [3.05, 3.63) is 70.1 Å². The zero-order valence-electron chi connectivity index (χ0n) is 39.4. The minimum absolute atomic E-state index is 0.202. The van der Waals surface area contributed by atoms with Gasteiger partial charge >= 0.3 is 41.8 Å². The molecule has 2 aliphatic heterocycles. The van der Waals surface area contributed by atoms with Crippen molar-refractivity contribution in [2.24, 2.45) is 0 Å². The van der Waals surface area contributed by atoms with E-state index in [4.69, 9.17) is 61.3 Å². The predicted octanol–water partition coefficient (Wildman–Crippen LogP) is 2.74. The van der Waals surface area contributed by atoms with Gasteiger partial charge in [0.05, 0.1) is 18.7 Å². The van der Waals surface area contributed by atoms with E-state index in [2.05, 4.69) is 10.3 Å². The lowest BCUT2D eigenvalue weighted by Gasteiger charge is -2.48. The molecule has 24 nitrogen and oxygen atoms in total. The number of aryl methyl sites for hydroxylation is 1. The molecule has 0 aliphatic carbocycles. The Morgan fingerprint density at radius 2 is 1.17 bits per heavy atom. The van der Waals surface area contributed by atoms with Crippen LogP contribution in [0.15, 0.2) is 57.9 Å². The fourth-order valence-corrected chi connectivity index (χ4v) is 7.80. The summed E-state index contributed by atoms with van der Waals surface area (Å²) < 4.78 is 76.2. The third-order valence-electron chi connectivity index (χ3n) is 10.5. The summed E-state index contributed by atoms with van der Waals surface area (Å²) in [5, 5.41) is 8.74. The number of carbonyl (C=O) groups is 7. The Labute approximate surface area is 398 Å². The second-order valence-corrected chi connectivity index (χ2v) is 16.0. The molecule has 70 heavy (non-hydrogen) atoms. The molecule has 10 atom stereocenters. The quantitative estimate of drug-likeness (QED) is 0.109. The van der Waals surface area contributed by atoms with Crippen LogP contribution in [0.3, 0.4) is 0 Å². The van der Waals surface area contributed by atoms with Crippen molar-refractivity contribution < 1.29 is 94.8 Å². The summed E-state index contributed by atoms with van der Waals surface area (Å²) in [5.74, 6) is -4.87. The van der Waals surface area contributed by atoms with Gasteiger partial charge in [-0.1, -0.05) is 5.21 Å². The zero-order chi connectivity index (χ0) is 51.0. The number of aromatic nitrogens is 3. The van der Waals surface area contributed by atoms with Gasteiger partial charge in [0.25, 0.3) is 0 Å². The van der Waals surface area contributed by atoms with Gasteiger partial charge in [-0.2, -0.15) is 0 Å². The highest BCUT2D eigenvalue weighted by Crippen LogP contribution is 2.38. The number of methoxy groups -OCH3 is 1. The first-order valence-corrected chi connectivity index (χ1v) is 21.6. The van der Waals surface area contributed by atoms with Gasteiger partial charge in [-0.3, -0.25) is 38.4 Å². The lowest BCUT2D eigenvalue weighted by molar-refractivity contribution is -0.349. The first-order chi connectivity index (χ1) is 33.2. The van der Waals surface area contributed by atoms with E-state index in [9.17, 15) is 38.4 Å². The molecule has 2 aromatic heterocycles. The average Bonchev–Trinajstić information content (AvgIpc) is 3.75. The van der Waals surface area contributed by atoms with E-state index in [1.54, 1.807) is 43.3 Å². The van der Waals surface area contributed by atoms with Gasteiger partial charge in [0.15, 0.2) is 48.5 Å². The van der Waals surface area contributed by atoms with E-state index in [0.29, 0.717) is 33.8 Å². The van der Waals surface area contributed by atoms with E-state index in [-0.39, 0.29) is 23.3 Å². The molecule has 0 saturated carbocycles. The fourth-order valence-electron chi connectivity index (χ4n) is 7.80. The molecular formula is C46H51N3O21. The van der Waals surface area contributed by atoms with E-state index in [1.165, 1.54) is 19.4 Å². The molecule has 2 aliphatic rings. The molecule has 0 amide bonds. The number of rotatable bonds is 17. The molecule has 6 rings (SSSR count). The van der Waals surface area contributed by atoms with E-state index >= 15 is 0 Å². The average molecular weight is 982 g/mol. The zero-order valence-corrected chi connectivity index (χ0v) is 39.4. The number of fused-ring (bicyclic) bond motifs is 1. The predicted molar refractivity (Wildman–Crippen MR) is 232 cm³/mol. The van der Waals surface area contributed by atoms with Crippen LogP contribution in [0.5, 0.6) is 11.5 Å². The van der Waals surface area contributed by atoms with Crippen molar-refractivity contribution in [3.8, 4) is 22.8 Å². The Balaban J connectivity index is 1.34. The summed E-state index contributed by atoms with van der Waals surface area (Å²) in [6.45, 7) is 7.69. The summed E-state index contributed by atoms with van der Waals surface area (Å²) in [5.41, 5.74) is 1.41. The summed E-state index contributed by atoms with van der Waals surface area (Å²) in [4.78, 5) is 101. The number of nitrogens with zero attached hydrogens (tertiary/aromatic N) is 3. The lowest BCUT2D eigenvalue weighted by Crippen LogP contribution is -2.66. The summed E-state index contributed by atoms with van der Waals surface area (Å²) in [6.07, 6.45) is -14.9. The normalized spacial score (nSPS) is 24.1. The minimum atomic E-state index is -1.86. The SMILES string of the molecule is COc1ccc(-c2cc(=O)c3c(C)cc(OCc4cn([C@@H]5O[C@H](COC(C)=O)[C@@H](O[C@H]6O[C@H](COC(C)=O)[C@@H](OC(C)=O)[C@H](OC(C)=O)[C@H]6OC(C)=O)[C@H](OC(C)=O)[C@H]5OC(C)=O)nn4)cc3o2)cc1. The Morgan fingerprint density at radius 1 is 0.629 bits per heavy atom. The van der Waals surface area contributed by atoms with Crippen molar-refractivity contribution in [1.29, 1.82) is 0 Å². The molecule has 0 radical (unpaired) electrons. The molecule has 0 bridgehead atoms. The minimum Gasteiger partial charge on any atom is -0.497 e. The smallest absolute Gasteiger partial charge is 0.303 e. The van der Waals surface area contributed by atoms with Crippen LogP contribution in [0.2, 0.25) is 0 Å². The third-order valence-corrected chi connectivity index (χ3v) is 10.5. The monoisotopic (exact) mass is 981 g/mol. The highest BCUT2D eigenvalue weighted by Gasteiger charge is 2.58. The molecule has 2 aromatic carbocycles. The standard InChI is InChI=1S/C46H51N3O21/c1-21-14-32(15-35-38(21)33(57)16-34(67-35)29-10-12-31(58-9)13-11-29)61-18-30-17-49(48-47-30)45-43(65-27(7)55)41(63-25(5)53)40(36(68-45)19-59-22(2)50)70-46-44(66-28(8)56)42(64-26(6)54)39(62-24(4)52)37(69-46)20-60-23(3)51/h10-17,36-37,39-46H,18-20H2,1-9H3/t36-,37-,39-,40-,41+,42+,43-,44-,45-,46-/m1/s1. The van der Waals surface area contributed by atoms with Gasteiger partial charge in [0.1, 0.15) is 66.7 Å². The van der Waals surface area contributed by atoms with Crippen molar-refractivity contribution in [3.63, 3.8) is 0 Å². The largest absolute Gasteiger partial charge is 0.497 e. The molecule has 0 unspecified atom stereocenters. The van der Waals surface area contributed by atoms with E-state index in [1.807, 2.05) is 0 Å². The Morgan fingerprint density at radius 3 is 1.74 bits per heavy atom. The molecule has 0 spiro atoms. The maximum Gasteiger partial charge on any atom is 0.303 e. The van der Waals surface area contributed by atoms with Gasteiger partial charge in [0, 0.05) is 66.2 Å². The fraction of sp³-hybridized carbons (Fsp3) is 0.478. The molecule has 24 heteroatoms. The Bertz CT molecular complexity index is 2640. The molecule has 376 valence electrons. The van der Waals surface area contributed by atoms with Crippen molar-refractivity contribution in [1.82, 2.24) is 15.0 Å². The first-order valence-electron chi connectivity index (χ1n) is 21.6. The number of ether oxygens (including phenoxy) is 12. The van der Waals surface area contributed by atoms with Gasteiger partial charge in [-0.05, 0) is 42.8 Å². The maximum atomic E-state index is 13.2. The van der Waals surface area contributed by atoms with Crippen LogP contribution in [0, 0.1) is 6.92 Å². The van der Waals surface area contributed by atoms with Crippen LogP contribution in [-0.2, 0) is 87.5 Å². The number of esters is 7. The lowest BCUT2D eigenvalue weighted by atomic mass is 9.95. The second-order valence-electron chi connectivity index (χ2n) is 16.0. The van der Waals surface area contributed by atoms with E-state index < -0.39 is 116 Å². The van der Waals surface area contributed by atoms with Crippen LogP contribution in [-0.4, -0.2) is 132 Å². The summed E-state index contributed by atoms with van der Waals surface area (Å²) in [6, 6.07) is 11.6. The number of benzene rings is 2. The summed E-state index contributed by atoms with van der Waals surface area (Å²) >= 11 is 0. The molecule has 2 saturated heterocycles. The maximum absolute atomic E-state index is 13.2. The second kappa shape index (κ2) is 22.8. The van der Waals surface area contributed by atoms with Gasteiger partial charge in [0.2, 0.25) is 0 Å². The van der Waals surface area contributed by atoms with Crippen LogP contribution in [0.25, 0.3) is 22.3 Å². The topological polar surface area (TPSA) is 291 Å². The van der Waals surface area contributed by atoms with Crippen LogP contribution >= 0.6 is 0 Å². The number of hydrogen-bond donors (Lipinski definition) is 0. The first kappa shape index (κ1) is 51.9. The third kappa shape index (κ3) is 13.0. The van der Waals surface area contributed by atoms with Gasteiger partial charge in [-0.15, -0.1) is 5.10 Å². The van der Waals surface area contributed by atoms with Crippen LogP contribution in [0.1, 0.15) is 66.0 Å². The highest BCUT2D eigenvalue weighted by atomic mass is 16.8. The van der Waals surface area contributed by atoms with Crippen LogP contribution in [0.4, 0.5) is 0 Å². The molecule has 4 heterocycles. The molecule has 4 aromatic rings. The summed E-state index contributed by atoms with van der Waals surface area (Å²) in [7, 11) is 1.54. The molecule has 2 fully saturated rings. The number of hydrogen-bond acceptors (Lipinski definition) is 23. The number of carbonyl (C=O) groups excluding carboxylic acids is 7. The van der Waals surface area contributed by atoms with Crippen molar-refractivity contribution in [2.75, 3.05) is 20.3 Å². The van der Waals surface area contributed by atoms with Gasteiger partial charge in [-0.25, -0.2) is 4.68 Å². The molecular weight excluding hydrogens is 931 g/mol. The van der Waals surface area contributed by atoms with Crippen molar-refractivity contribution >= 4 is 52.8 Å². The molecule has 0 N–H and O–H groups in total.